The zero-order chi connectivity index (χ0) is 15.1. The molecule has 1 atom stereocenters. The van der Waals surface area contributed by atoms with Crippen LogP contribution in [-0.2, 0) is 13.1 Å². The van der Waals surface area contributed by atoms with E-state index in [1.165, 1.54) is 5.69 Å². The molecule has 0 spiro atoms. The minimum atomic E-state index is 0.242. The molecule has 0 aliphatic heterocycles. The van der Waals surface area contributed by atoms with Gasteiger partial charge in [0, 0.05) is 24.5 Å². The number of ether oxygens (including phenoxy) is 1. The van der Waals surface area contributed by atoms with Gasteiger partial charge in [-0.1, -0.05) is 19.9 Å². The lowest BCUT2D eigenvalue weighted by Crippen LogP contribution is -2.10. The average molecular weight is 287 g/mol. The average Bonchev–Trinajstić information content (AvgIpc) is 2.93. The van der Waals surface area contributed by atoms with Crippen LogP contribution in [0, 0.1) is 0 Å². The van der Waals surface area contributed by atoms with Crippen LogP contribution in [0.25, 0.3) is 0 Å². The maximum Gasteiger partial charge on any atom is 0.121 e. The Morgan fingerprint density at radius 1 is 1.29 bits per heavy atom. The molecule has 0 saturated carbocycles. The highest BCUT2D eigenvalue weighted by atomic mass is 16.5. The SMILES string of the molecule is CCCn1nccc1CNc1cccc(OC(C)CC)c1. The first-order valence-corrected chi connectivity index (χ1v) is 7.74. The summed E-state index contributed by atoms with van der Waals surface area (Å²) < 4.78 is 7.89. The summed E-state index contributed by atoms with van der Waals surface area (Å²) >= 11 is 0. The minimum Gasteiger partial charge on any atom is -0.491 e. The van der Waals surface area contributed by atoms with Crippen LogP contribution in [0.4, 0.5) is 5.69 Å². The molecule has 1 heterocycles. The summed E-state index contributed by atoms with van der Waals surface area (Å²) in [5, 5.41) is 7.77. The van der Waals surface area contributed by atoms with Gasteiger partial charge in [0.25, 0.3) is 0 Å². The monoisotopic (exact) mass is 287 g/mol. The summed E-state index contributed by atoms with van der Waals surface area (Å²) in [7, 11) is 0. The maximum atomic E-state index is 5.85. The normalized spacial score (nSPS) is 12.1. The molecule has 21 heavy (non-hydrogen) atoms. The quantitative estimate of drug-likeness (QED) is 0.795. The summed E-state index contributed by atoms with van der Waals surface area (Å²) in [5.41, 5.74) is 2.27. The first kappa shape index (κ1) is 15.4. The molecular formula is C17H25N3O. The standard InChI is InChI=1S/C17H25N3O/c1-4-11-20-16(9-10-19-20)13-18-15-7-6-8-17(12-15)21-14(3)5-2/h6-10,12,14,18H,4-5,11,13H2,1-3H3. The van der Waals surface area contributed by atoms with Crippen molar-refractivity contribution in [1.29, 1.82) is 0 Å². The van der Waals surface area contributed by atoms with Crippen molar-refractivity contribution in [2.75, 3.05) is 5.32 Å². The zero-order valence-electron chi connectivity index (χ0n) is 13.2. The van der Waals surface area contributed by atoms with E-state index < -0.39 is 0 Å². The largest absolute Gasteiger partial charge is 0.491 e. The Bertz CT molecular complexity index is 550. The molecular weight excluding hydrogens is 262 g/mol. The highest BCUT2D eigenvalue weighted by molar-refractivity contribution is 5.48. The van der Waals surface area contributed by atoms with Crippen molar-refractivity contribution < 1.29 is 4.74 Å². The Kier molecular flexibility index (Phi) is 5.67. The lowest BCUT2D eigenvalue weighted by atomic mass is 10.2. The molecule has 4 nitrogen and oxygen atoms in total. The first-order chi connectivity index (χ1) is 10.2. The smallest absolute Gasteiger partial charge is 0.121 e. The van der Waals surface area contributed by atoms with E-state index in [4.69, 9.17) is 4.74 Å². The van der Waals surface area contributed by atoms with Gasteiger partial charge in [-0.2, -0.15) is 5.10 Å². The van der Waals surface area contributed by atoms with Crippen LogP contribution >= 0.6 is 0 Å². The van der Waals surface area contributed by atoms with Crippen molar-refractivity contribution >= 4 is 5.69 Å². The fourth-order valence-corrected chi connectivity index (χ4v) is 2.11. The molecule has 114 valence electrons. The predicted octanol–water partition coefficient (Wildman–Crippen LogP) is 4.08. The van der Waals surface area contributed by atoms with Crippen LogP contribution in [0.3, 0.4) is 0 Å². The van der Waals surface area contributed by atoms with Gasteiger partial charge in [0.2, 0.25) is 0 Å². The lowest BCUT2D eigenvalue weighted by molar-refractivity contribution is 0.217. The molecule has 0 bridgehead atoms. The first-order valence-electron chi connectivity index (χ1n) is 7.74. The number of nitrogens with zero attached hydrogens (tertiary/aromatic N) is 2. The predicted molar refractivity (Wildman–Crippen MR) is 86.7 cm³/mol. The van der Waals surface area contributed by atoms with Gasteiger partial charge in [-0.05, 0) is 38.0 Å². The van der Waals surface area contributed by atoms with Crippen molar-refractivity contribution in [2.45, 2.75) is 52.8 Å². The molecule has 0 saturated heterocycles. The van der Waals surface area contributed by atoms with Crippen LogP contribution in [0.1, 0.15) is 39.3 Å². The Morgan fingerprint density at radius 3 is 2.90 bits per heavy atom. The van der Waals surface area contributed by atoms with E-state index in [0.29, 0.717) is 0 Å². The van der Waals surface area contributed by atoms with Crippen molar-refractivity contribution in [3.8, 4) is 5.75 Å². The van der Waals surface area contributed by atoms with Crippen molar-refractivity contribution in [1.82, 2.24) is 9.78 Å². The highest BCUT2D eigenvalue weighted by Gasteiger charge is 2.04. The molecule has 1 N–H and O–H groups in total. The van der Waals surface area contributed by atoms with Crippen LogP contribution in [-0.4, -0.2) is 15.9 Å². The fraction of sp³-hybridized carbons (Fsp3) is 0.471. The van der Waals surface area contributed by atoms with Gasteiger partial charge < -0.3 is 10.1 Å². The van der Waals surface area contributed by atoms with E-state index in [-0.39, 0.29) is 6.10 Å². The molecule has 0 aliphatic carbocycles. The number of benzene rings is 1. The second-order valence-electron chi connectivity index (χ2n) is 5.26. The maximum absolute atomic E-state index is 5.85. The number of anilines is 1. The van der Waals surface area contributed by atoms with E-state index in [1.807, 2.05) is 29.1 Å². The van der Waals surface area contributed by atoms with Crippen molar-refractivity contribution in [3.63, 3.8) is 0 Å². The van der Waals surface area contributed by atoms with E-state index in [1.54, 1.807) is 0 Å². The number of hydrogen-bond acceptors (Lipinski definition) is 3. The van der Waals surface area contributed by atoms with E-state index in [2.05, 4.69) is 43.3 Å². The van der Waals surface area contributed by atoms with Crippen LogP contribution in [0.15, 0.2) is 36.5 Å². The molecule has 0 aliphatic rings. The number of rotatable bonds is 8. The third-order valence-electron chi connectivity index (χ3n) is 3.46. The van der Waals surface area contributed by atoms with Crippen molar-refractivity contribution in [2.24, 2.45) is 0 Å². The molecule has 0 radical (unpaired) electrons. The van der Waals surface area contributed by atoms with E-state index in [9.17, 15) is 0 Å². The lowest BCUT2D eigenvalue weighted by Gasteiger charge is -2.14. The third-order valence-corrected chi connectivity index (χ3v) is 3.46. The summed E-state index contributed by atoms with van der Waals surface area (Å²) in [6.07, 6.45) is 4.20. The summed E-state index contributed by atoms with van der Waals surface area (Å²) in [6.45, 7) is 8.10. The van der Waals surface area contributed by atoms with Gasteiger partial charge in [-0.25, -0.2) is 0 Å². The highest BCUT2D eigenvalue weighted by Crippen LogP contribution is 2.19. The molecule has 0 fully saturated rings. The Balaban J connectivity index is 1.96. The summed E-state index contributed by atoms with van der Waals surface area (Å²) in [4.78, 5) is 0. The molecule has 0 amide bonds. The van der Waals surface area contributed by atoms with Gasteiger partial charge in [-0.15, -0.1) is 0 Å². The minimum absolute atomic E-state index is 0.242. The number of hydrogen-bond donors (Lipinski definition) is 1. The van der Waals surface area contributed by atoms with Crippen LogP contribution < -0.4 is 10.1 Å². The zero-order valence-corrected chi connectivity index (χ0v) is 13.2. The Morgan fingerprint density at radius 2 is 2.14 bits per heavy atom. The molecule has 4 heteroatoms. The van der Waals surface area contributed by atoms with Gasteiger partial charge in [0.15, 0.2) is 0 Å². The number of aromatic nitrogens is 2. The van der Waals surface area contributed by atoms with Crippen molar-refractivity contribution in [3.05, 3.63) is 42.2 Å². The van der Waals surface area contributed by atoms with E-state index >= 15 is 0 Å². The van der Waals surface area contributed by atoms with E-state index in [0.717, 1.165) is 37.4 Å². The number of nitrogens with one attached hydrogen (secondary N) is 1. The second kappa shape index (κ2) is 7.72. The molecule has 2 aromatic rings. The Hall–Kier alpha value is -1.97. The van der Waals surface area contributed by atoms with Gasteiger partial charge >= 0.3 is 0 Å². The third kappa shape index (κ3) is 4.52. The molecule has 1 aromatic heterocycles. The Labute approximate surface area is 127 Å². The summed E-state index contributed by atoms with van der Waals surface area (Å²) in [5.74, 6) is 0.913. The van der Waals surface area contributed by atoms with Crippen LogP contribution in [0.5, 0.6) is 5.75 Å². The molecule has 1 unspecified atom stereocenters. The van der Waals surface area contributed by atoms with Gasteiger partial charge in [0.05, 0.1) is 18.3 Å². The fourth-order valence-electron chi connectivity index (χ4n) is 2.11. The van der Waals surface area contributed by atoms with Gasteiger partial charge in [0.1, 0.15) is 5.75 Å². The second-order valence-corrected chi connectivity index (χ2v) is 5.26. The van der Waals surface area contributed by atoms with Gasteiger partial charge in [-0.3, -0.25) is 4.68 Å². The number of aryl methyl sites for hydroxylation is 1. The van der Waals surface area contributed by atoms with Crippen LogP contribution in [0.2, 0.25) is 0 Å². The molecule has 2 rings (SSSR count). The topological polar surface area (TPSA) is 39.1 Å². The molecule has 1 aromatic carbocycles. The summed E-state index contributed by atoms with van der Waals surface area (Å²) in [6, 6.07) is 10.2.